The molecule has 5 rings (SSSR count). The van der Waals surface area contributed by atoms with Crippen LogP contribution >= 0.6 is 0 Å². The zero-order valence-electron chi connectivity index (χ0n) is 25.9. The Morgan fingerprint density at radius 2 is 1.69 bits per heavy atom. The highest BCUT2D eigenvalue weighted by Gasteiger charge is 2.60. The largest absolute Gasteiger partial charge is 0.399 e. The topological polar surface area (TPSA) is 61.3 Å². The van der Waals surface area contributed by atoms with E-state index in [-0.39, 0.29) is 0 Å². The maximum absolute atomic E-state index is 6.09. The van der Waals surface area contributed by atoms with Crippen molar-refractivity contribution in [3.63, 3.8) is 0 Å². The third-order valence-electron chi connectivity index (χ3n) is 13.0. The van der Waals surface area contributed by atoms with Gasteiger partial charge in [0.1, 0.15) is 0 Å². The highest BCUT2D eigenvalue weighted by atomic mass is 16.5. The lowest BCUT2D eigenvalue weighted by Crippen LogP contribution is -2.53. The zero-order chi connectivity index (χ0) is 27.6. The first-order valence-electron chi connectivity index (χ1n) is 16.9. The minimum Gasteiger partial charge on any atom is -0.399 e. The molecule has 0 saturated heterocycles. The van der Waals surface area contributed by atoms with Crippen molar-refractivity contribution in [2.24, 2.45) is 52.3 Å². The van der Waals surface area contributed by atoms with Gasteiger partial charge in [-0.25, -0.2) is 0 Å². The molecule has 4 N–H and O–H groups in total. The molecular weight excluding hydrogens is 476 g/mol. The summed E-state index contributed by atoms with van der Waals surface area (Å²) in [7, 11) is 0. The number of fused-ring (bicyclic) bond motifs is 5. The molecule has 0 amide bonds. The van der Waals surface area contributed by atoms with Gasteiger partial charge in [-0.05, 0) is 141 Å². The van der Waals surface area contributed by atoms with E-state index in [2.05, 4.69) is 33.8 Å². The SMILES string of the molecule is CC(CCC[C@@H](C)[C@H]1CC[C@H]2[C@@H]3CCC4CCCC[C@]4(C)[C@H]3CC[C@]12C)COCCCc1ccc(N)cc1N. The molecule has 3 nitrogen and oxygen atoms in total. The van der Waals surface area contributed by atoms with E-state index in [4.69, 9.17) is 16.2 Å². The quantitative estimate of drug-likeness (QED) is 0.219. The number of hydrogen-bond acceptors (Lipinski definition) is 3. The lowest BCUT2D eigenvalue weighted by atomic mass is 9.44. The summed E-state index contributed by atoms with van der Waals surface area (Å²) in [5.41, 5.74) is 15.9. The minimum atomic E-state index is 0.612. The molecule has 0 spiro atoms. The number of nitrogens with two attached hydrogens (primary N) is 2. The van der Waals surface area contributed by atoms with Crippen molar-refractivity contribution in [2.75, 3.05) is 24.7 Å². The fourth-order valence-electron chi connectivity index (χ4n) is 10.8. The van der Waals surface area contributed by atoms with Gasteiger partial charge in [-0.15, -0.1) is 0 Å². The van der Waals surface area contributed by atoms with Crippen LogP contribution in [0.15, 0.2) is 18.2 Å². The monoisotopic (exact) mass is 536 g/mol. The number of rotatable bonds is 11. The number of anilines is 2. The molecule has 1 aromatic carbocycles. The van der Waals surface area contributed by atoms with E-state index in [1.807, 2.05) is 12.1 Å². The maximum atomic E-state index is 6.09. The predicted octanol–water partition coefficient (Wildman–Crippen LogP) is 9.29. The summed E-state index contributed by atoms with van der Waals surface area (Å²) >= 11 is 0. The standard InChI is InChI=1S/C36H60N2O/c1-25(24-39-22-8-11-27-13-15-29(37)23-34(27)38)9-7-10-26(2)31-17-18-32-30-16-14-28-12-5-6-20-35(28,3)33(30)19-21-36(31,32)4/h13,15,23,25-26,28,30-33H,5-12,14,16-22,24,37-38H2,1-4H3/t25?,26-,28?,30+,31-,32+,33+,35+,36-/m1/s1. The molecule has 0 radical (unpaired) electrons. The summed E-state index contributed by atoms with van der Waals surface area (Å²) in [6.07, 6.45) is 21.3. The molecule has 39 heavy (non-hydrogen) atoms. The third-order valence-corrected chi connectivity index (χ3v) is 13.0. The average Bonchev–Trinajstić information content (AvgIpc) is 3.26. The van der Waals surface area contributed by atoms with Crippen LogP contribution in [0.3, 0.4) is 0 Å². The Kier molecular flexibility index (Phi) is 9.26. The number of benzene rings is 1. The summed E-state index contributed by atoms with van der Waals surface area (Å²) in [6.45, 7) is 12.1. The Balaban J connectivity index is 1.03. The van der Waals surface area contributed by atoms with E-state index in [0.717, 1.165) is 72.9 Å². The number of nitrogen functional groups attached to an aromatic ring is 2. The second kappa shape index (κ2) is 12.3. The Labute approximate surface area is 240 Å². The number of ether oxygens (including phenoxy) is 1. The van der Waals surface area contributed by atoms with Gasteiger partial charge in [0.25, 0.3) is 0 Å². The van der Waals surface area contributed by atoms with E-state index in [9.17, 15) is 0 Å². The smallest absolute Gasteiger partial charge is 0.0491 e. The fourth-order valence-corrected chi connectivity index (χ4v) is 10.8. The lowest BCUT2D eigenvalue weighted by molar-refractivity contribution is -0.114. The highest BCUT2D eigenvalue weighted by Crippen LogP contribution is 2.68. The normalized spacial score (nSPS) is 37.5. The van der Waals surface area contributed by atoms with Crippen molar-refractivity contribution in [2.45, 2.75) is 124 Å². The van der Waals surface area contributed by atoms with Crippen molar-refractivity contribution >= 4 is 11.4 Å². The summed E-state index contributed by atoms with van der Waals surface area (Å²) in [5.74, 6) is 6.60. The summed E-state index contributed by atoms with van der Waals surface area (Å²) in [4.78, 5) is 0. The van der Waals surface area contributed by atoms with Gasteiger partial charge in [-0.2, -0.15) is 0 Å². The van der Waals surface area contributed by atoms with Crippen LogP contribution in [0.25, 0.3) is 0 Å². The van der Waals surface area contributed by atoms with E-state index in [1.165, 1.54) is 76.2 Å². The van der Waals surface area contributed by atoms with Crippen molar-refractivity contribution in [3.8, 4) is 0 Å². The molecule has 0 aromatic heterocycles. The van der Waals surface area contributed by atoms with Crippen molar-refractivity contribution < 1.29 is 4.74 Å². The van der Waals surface area contributed by atoms with Gasteiger partial charge in [-0.1, -0.05) is 59.4 Å². The molecule has 220 valence electrons. The van der Waals surface area contributed by atoms with Crippen LogP contribution in [0.4, 0.5) is 11.4 Å². The van der Waals surface area contributed by atoms with Crippen LogP contribution in [0.2, 0.25) is 0 Å². The molecule has 4 saturated carbocycles. The zero-order valence-corrected chi connectivity index (χ0v) is 25.9. The first-order valence-corrected chi connectivity index (χ1v) is 16.9. The second-order valence-corrected chi connectivity index (χ2v) is 15.3. The second-order valence-electron chi connectivity index (χ2n) is 15.3. The van der Waals surface area contributed by atoms with E-state index in [1.54, 1.807) is 12.8 Å². The molecule has 1 aromatic rings. The van der Waals surface area contributed by atoms with Crippen molar-refractivity contribution in [1.29, 1.82) is 0 Å². The molecule has 0 bridgehead atoms. The Morgan fingerprint density at radius 1 is 0.872 bits per heavy atom. The average molecular weight is 537 g/mol. The summed E-state index contributed by atoms with van der Waals surface area (Å²) in [6, 6.07) is 5.85. The van der Waals surface area contributed by atoms with Crippen LogP contribution in [0, 0.1) is 52.3 Å². The van der Waals surface area contributed by atoms with Crippen LogP contribution in [0.5, 0.6) is 0 Å². The Bertz CT molecular complexity index is 946. The highest BCUT2D eigenvalue weighted by molar-refractivity contribution is 5.56. The number of aryl methyl sites for hydroxylation is 1. The Morgan fingerprint density at radius 3 is 2.51 bits per heavy atom. The van der Waals surface area contributed by atoms with Crippen LogP contribution < -0.4 is 11.5 Å². The van der Waals surface area contributed by atoms with Gasteiger partial charge in [0.05, 0.1) is 0 Å². The van der Waals surface area contributed by atoms with Crippen LogP contribution in [-0.4, -0.2) is 13.2 Å². The van der Waals surface area contributed by atoms with Gasteiger partial charge in [0.15, 0.2) is 0 Å². The van der Waals surface area contributed by atoms with Crippen molar-refractivity contribution in [1.82, 2.24) is 0 Å². The molecule has 4 aliphatic carbocycles. The van der Waals surface area contributed by atoms with Crippen LogP contribution in [0.1, 0.15) is 123 Å². The minimum absolute atomic E-state index is 0.612. The van der Waals surface area contributed by atoms with Gasteiger partial charge in [-0.3, -0.25) is 0 Å². The molecule has 4 fully saturated rings. The first kappa shape index (κ1) is 29.3. The van der Waals surface area contributed by atoms with Gasteiger partial charge >= 0.3 is 0 Å². The lowest BCUT2D eigenvalue weighted by Gasteiger charge is -2.61. The van der Waals surface area contributed by atoms with E-state index in [0.29, 0.717) is 16.7 Å². The van der Waals surface area contributed by atoms with E-state index >= 15 is 0 Å². The maximum Gasteiger partial charge on any atom is 0.0491 e. The molecule has 4 aliphatic rings. The molecular formula is C36H60N2O. The fraction of sp³-hybridized carbons (Fsp3) is 0.833. The van der Waals surface area contributed by atoms with Crippen LogP contribution in [-0.2, 0) is 11.2 Å². The molecule has 0 aliphatic heterocycles. The van der Waals surface area contributed by atoms with Gasteiger partial charge < -0.3 is 16.2 Å². The van der Waals surface area contributed by atoms with Crippen molar-refractivity contribution in [3.05, 3.63) is 23.8 Å². The number of hydrogen-bond donors (Lipinski definition) is 2. The Hall–Kier alpha value is -1.22. The molecule has 0 heterocycles. The van der Waals surface area contributed by atoms with E-state index < -0.39 is 0 Å². The van der Waals surface area contributed by atoms with Gasteiger partial charge in [0, 0.05) is 24.6 Å². The first-order chi connectivity index (χ1) is 18.7. The molecule has 3 heteroatoms. The summed E-state index contributed by atoms with van der Waals surface area (Å²) in [5, 5.41) is 0. The van der Waals surface area contributed by atoms with Gasteiger partial charge in [0.2, 0.25) is 0 Å². The molecule has 9 atom stereocenters. The molecule has 2 unspecified atom stereocenters. The third kappa shape index (κ3) is 6.05. The summed E-state index contributed by atoms with van der Waals surface area (Å²) < 4.78 is 6.06. The predicted molar refractivity (Wildman–Crippen MR) is 166 cm³/mol.